The van der Waals surface area contributed by atoms with E-state index in [0.717, 1.165) is 44.2 Å². The summed E-state index contributed by atoms with van der Waals surface area (Å²) < 4.78 is 0. The lowest BCUT2D eigenvalue weighted by Gasteiger charge is -2.59. The Balaban J connectivity index is 1.68. The lowest BCUT2D eigenvalue weighted by Crippen LogP contribution is -2.57. The van der Waals surface area contributed by atoms with E-state index in [1.54, 1.807) is 5.57 Å². The van der Waals surface area contributed by atoms with Crippen molar-refractivity contribution in [2.45, 2.75) is 77.7 Å². The van der Waals surface area contributed by atoms with Crippen LogP contribution in [0.3, 0.4) is 0 Å². The number of allylic oxidation sites excluding steroid dienone is 2. The fourth-order valence-corrected chi connectivity index (χ4v) is 7.39. The average Bonchev–Trinajstić information content (AvgIpc) is 2.92. The summed E-state index contributed by atoms with van der Waals surface area (Å²) >= 11 is 0. The molecule has 4 rings (SSSR count). The Bertz CT molecular complexity index is 698. The van der Waals surface area contributed by atoms with Crippen molar-refractivity contribution < 1.29 is 5.11 Å². The van der Waals surface area contributed by atoms with Crippen LogP contribution in [-0.4, -0.2) is 22.1 Å². The molecule has 0 unspecified atom stereocenters. The maximum absolute atomic E-state index is 11.5. The zero-order valence-corrected chi connectivity index (χ0v) is 16.5. The van der Waals surface area contributed by atoms with Gasteiger partial charge in [-0.1, -0.05) is 19.4 Å². The predicted octanol–water partition coefficient (Wildman–Crippen LogP) is 3.33. The summed E-state index contributed by atoms with van der Waals surface area (Å²) in [6, 6.07) is 0. The molecular weight excluding hydrogens is 324 g/mol. The second-order valence-corrected chi connectivity index (χ2v) is 9.69. The van der Waals surface area contributed by atoms with E-state index in [1.807, 2.05) is 6.92 Å². The van der Waals surface area contributed by atoms with Gasteiger partial charge in [-0.2, -0.15) is 10.2 Å². The first-order valence-corrected chi connectivity index (χ1v) is 10.3. The van der Waals surface area contributed by atoms with Gasteiger partial charge in [0, 0.05) is 5.41 Å². The third-order valence-electron chi connectivity index (χ3n) is 9.09. The Hall–Kier alpha value is -1.36. The lowest BCUT2D eigenvalue weighted by atomic mass is 9.46. The Kier molecular flexibility index (Phi) is 4.03. The second-order valence-electron chi connectivity index (χ2n) is 9.69. The first kappa shape index (κ1) is 18.0. The third-order valence-corrected chi connectivity index (χ3v) is 9.09. The molecule has 0 amide bonds. The molecule has 0 radical (unpaired) electrons. The lowest BCUT2D eigenvalue weighted by molar-refractivity contribution is -0.0945. The number of hydrogen-bond donors (Lipinski definition) is 3. The van der Waals surface area contributed by atoms with E-state index in [1.165, 1.54) is 12.8 Å². The monoisotopic (exact) mass is 358 g/mol. The number of nitrogens with zero attached hydrogens (tertiary/aromatic N) is 2. The standard InChI is InChI=1S/C21H34N4O/c1-13(24-22)21(26)11-8-18-16-5-4-14-12-15(25-23)6-9-19(14,2)17(16)7-10-20(18,21)3/h12,16-18,26H,4-11,22-23H2,1-3H3/b24-13-,25-15+/t16-,17-,18-,19-,20+,21-/m1/s1. The van der Waals surface area contributed by atoms with Crippen LogP contribution < -0.4 is 11.7 Å². The Morgan fingerprint density at radius 3 is 2.50 bits per heavy atom. The van der Waals surface area contributed by atoms with E-state index < -0.39 is 5.60 Å². The molecular formula is C21H34N4O. The van der Waals surface area contributed by atoms with Crippen LogP contribution in [-0.2, 0) is 0 Å². The number of hydrogen-bond acceptors (Lipinski definition) is 5. The van der Waals surface area contributed by atoms with Gasteiger partial charge in [-0.05, 0) is 87.5 Å². The molecule has 144 valence electrons. The summed E-state index contributed by atoms with van der Waals surface area (Å²) in [5.41, 5.74) is 2.67. The summed E-state index contributed by atoms with van der Waals surface area (Å²) in [6.45, 7) is 6.67. The van der Waals surface area contributed by atoms with Gasteiger partial charge in [0.25, 0.3) is 0 Å². The van der Waals surface area contributed by atoms with Crippen molar-refractivity contribution >= 4 is 11.4 Å². The van der Waals surface area contributed by atoms with Crippen molar-refractivity contribution in [3.63, 3.8) is 0 Å². The van der Waals surface area contributed by atoms with Crippen LogP contribution in [0, 0.1) is 28.6 Å². The summed E-state index contributed by atoms with van der Waals surface area (Å²) in [5, 5.41) is 19.4. The highest BCUT2D eigenvalue weighted by Crippen LogP contribution is 2.67. The summed E-state index contributed by atoms with van der Waals surface area (Å²) in [4.78, 5) is 0. The highest BCUT2D eigenvalue weighted by Gasteiger charge is 2.64. The molecule has 6 atom stereocenters. The molecule has 0 aromatic rings. The minimum absolute atomic E-state index is 0.1000. The molecule has 0 aromatic heterocycles. The van der Waals surface area contributed by atoms with Crippen molar-refractivity contribution in [3.8, 4) is 0 Å². The van der Waals surface area contributed by atoms with Crippen molar-refractivity contribution in [1.29, 1.82) is 0 Å². The van der Waals surface area contributed by atoms with Crippen molar-refractivity contribution in [2.75, 3.05) is 0 Å². The number of fused-ring (bicyclic) bond motifs is 5. The van der Waals surface area contributed by atoms with Crippen LogP contribution in [0.4, 0.5) is 0 Å². The highest BCUT2D eigenvalue weighted by molar-refractivity contribution is 5.96. The fourth-order valence-electron chi connectivity index (χ4n) is 7.39. The van der Waals surface area contributed by atoms with Gasteiger partial charge in [0.1, 0.15) is 5.60 Å². The van der Waals surface area contributed by atoms with Gasteiger partial charge in [0.2, 0.25) is 0 Å². The maximum Gasteiger partial charge on any atom is 0.110 e. The zero-order chi connectivity index (χ0) is 18.7. The second kappa shape index (κ2) is 5.82. The first-order chi connectivity index (χ1) is 12.3. The van der Waals surface area contributed by atoms with Crippen LogP contribution in [0.25, 0.3) is 0 Å². The van der Waals surface area contributed by atoms with Gasteiger partial charge >= 0.3 is 0 Å². The van der Waals surface area contributed by atoms with Gasteiger partial charge < -0.3 is 16.8 Å². The molecule has 0 bridgehead atoms. The molecule has 0 aromatic carbocycles. The van der Waals surface area contributed by atoms with E-state index in [-0.39, 0.29) is 10.8 Å². The topological polar surface area (TPSA) is 97.0 Å². The molecule has 0 aliphatic heterocycles. The molecule has 5 heteroatoms. The molecule has 4 aliphatic carbocycles. The van der Waals surface area contributed by atoms with E-state index in [4.69, 9.17) is 11.7 Å². The Labute approximate surface area is 157 Å². The molecule has 5 nitrogen and oxygen atoms in total. The van der Waals surface area contributed by atoms with E-state index in [0.29, 0.717) is 23.5 Å². The van der Waals surface area contributed by atoms with E-state index in [2.05, 4.69) is 30.1 Å². The van der Waals surface area contributed by atoms with Crippen LogP contribution in [0.15, 0.2) is 21.9 Å². The van der Waals surface area contributed by atoms with Crippen LogP contribution in [0.2, 0.25) is 0 Å². The number of rotatable bonds is 1. The van der Waals surface area contributed by atoms with Crippen LogP contribution in [0.1, 0.15) is 72.1 Å². The quantitative estimate of drug-likeness (QED) is 0.381. The molecule has 3 saturated carbocycles. The SMILES string of the molecule is C/C(=N/N)[C@]1(O)CC[C@@H]2[C@@H]3CCC4=C/C(=N/N)CC[C@@]4(C)[C@@H]3CC[C@@]21C. The molecule has 0 spiro atoms. The van der Waals surface area contributed by atoms with E-state index >= 15 is 0 Å². The normalized spacial score (nSPS) is 50.0. The minimum Gasteiger partial charge on any atom is -0.383 e. The van der Waals surface area contributed by atoms with Crippen molar-refractivity contribution in [2.24, 2.45) is 50.5 Å². The third kappa shape index (κ3) is 2.12. The Morgan fingerprint density at radius 1 is 1.08 bits per heavy atom. The predicted molar refractivity (Wildman–Crippen MR) is 106 cm³/mol. The highest BCUT2D eigenvalue weighted by atomic mass is 16.3. The number of aliphatic hydroxyl groups is 1. The number of hydrazone groups is 2. The van der Waals surface area contributed by atoms with Crippen molar-refractivity contribution in [3.05, 3.63) is 11.6 Å². The minimum atomic E-state index is -0.833. The first-order valence-electron chi connectivity index (χ1n) is 10.3. The van der Waals surface area contributed by atoms with Crippen LogP contribution >= 0.6 is 0 Å². The van der Waals surface area contributed by atoms with Gasteiger partial charge in [-0.25, -0.2) is 0 Å². The van der Waals surface area contributed by atoms with E-state index in [9.17, 15) is 5.11 Å². The zero-order valence-electron chi connectivity index (χ0n) is 16.5. The van der Waals surface area contributed by atoms with Gasteiger partial charge in [-0.3, -0.25) is 0 Å². The van der Waals surface area contributed by atoms with Gasteiger partial charge in [0.05, 0.1) is 11.4 Å². The fraction of sp³-hybridized carbons (Fsp3) is 0.810. The number of nitrogens with two attached hydrogens (primary N) is 2. The van der Waals surface area contributed by atoms with Crippen LogP contribution in [0.5, 0.6) is 0 Å². The van der Waals surface area contributed by atoms with Gasteiger partial charge in [-0.15, -0.1) is 0 Å². The average molecular weight is 359 g/mol. The molecule has 0 heterocycles. The summed E-state index contributed by atoms with van der Waals surface area (Å²) in [7, 11) is 0. The maximum atomic E-state index is 11.5. The molecule has 5 N–H and O–H groups in total. The van der Waals surface area contributed by atoms with Gasteiger partial charge in [0.15, 0.2) is 0 Å². The smallest absolute Gasteiger partial charge is 0.110 e. The largest absolute Gasteiger partial charge is 0.383 e. The summed E-state index contributed by atoms with van der Waals surface area (Å²) in [5.74, 6) is 13.1. The molecule has 26 heavy (non-hydrogen) atoms. The molecule has 3 fully saturated rings. The Morgan fingerprint density at radius 2 is 1.81 bits per heavy atom. The summed E-state index contributed by atoms with van der Waals surface area (Å²) in [6.07, 6.45) is 10.9. The van der Waals surface area contributed by atoms with Crippen molar-refractivity contribution in [1.82, 2.24) is 0 Å². The molecule has 4 aliphatic rings. The molecule has 0 saturated heterocycles.